The summed E-state index contributed by atoms with van der Waals surface area (Å²) in [7, 11) is 1.61. The number of carbonyl (C=O) groups is 1. The predicted octanol–water partition coefficient (Wildman–Crippen LogP) is 2.83. The van der Waals surface area contributed by atoms with Crippen molar-refractivity contribution in [3.63, 3.8) is 0 Å². The molecule has 6 heteroatoms. The van der Waals surface area contributed by atoms with Crippen molar-refractivity contribution in [3.8, 4) is 17.9 Å². The fraction of sp³-hybridized carbons (Fsp3) is 0.438. The molecule has 5 nitrogen and oxygen atoms in total. The molecule has 0 heterocycles. The van der Waals surface area contributed by atoms with E-state index in [1.807, 2.05) is 43.3 Å². The number of rotatable bonds is 8. The standard InChI is InChI=1S/C16H19N3O2S/c1-13(22-15-7-5-14(21-2)6-8-15)16(20)19(11-3-9-17)12-4-10-18/h5-8,13H,3-4,11-12H2,1-2H3/t13-/m0/s1. The van der Waals surface area contributed by atoms with Crippen LogP contribution in [0.1, 0.15) is 19.8 Å². The van der Waals surface area contributed by atoms with Gasteiger partial charge in [-0.2, -0.15) is 10.5 Å². The number of hydrogen-bond acceptors (Lipinski definition) is 5. The third kappa shape index (κ3) is 5.67. The molecule has 1 rings (SSSR count). The second-order valence-corrected chi connectivity index (χ2v) is 5.99. The maximum absolute atomic E-state index is 12.4. The number of carbonyl (C=O) groups excluding carboxylic acids is 1. The zero-order valence-corrected chi connectivity index (χ0v) is 13.6. The van der Waals surface area contributed by atoms with Crippen molar-refractivity contribution < 1.29 is 9.53 Å². The number of nitrogens with zero attached hydrogens (tertiary/aromatic N) is 3. The van der Waals surface area contributed by atoms with Crippen LogP contribution in [0.25, 0.3) is 0 Å². The molecule has 0 unspecified atom stereocenters. The van der Waals surface area contributed by atoms with Crippen molar-refractivity contribution in [2.75, 3.05) is 20.2 Å². The summed E-state index contributed by atoms with van der Waals surface area (Å²) in [5, 5.41) is 17.1. The quantitative estimate of drug-likeness (QED) is 0.689. The average Bonchev–Trinajstić information content (AvgIpc) is 2.55. The first-order chi connectivity index (χ1) is 10.6. The Balaban J connectivity index is 2.66. The minimum Gasteiger partial charge on any atom is -0.497 e. The Hall–Kier alpha value is -2.18. The lowest BCUT2D eigenvalue weighted by Gasteiger charge is -2.23. The van der Waals surface area contributed by atoms with Gasteiger partial charge in [-0.3, -0.25) is 4.79 Å². The smallest absolute Gasteiger partial charge is 0.235 e. The van der Waals surface area contributed by atoms with E-state index < -0.39 is 0 Å². The summed E-state index contributed by atoms with van der Waals surface area (Å²) >= 11 is 1.45. The summed E-state index contributed by atoms with van der Waals surface area (Å²) in [5.41, 5.74) is 0. The zero-order valence-electron chi connectivity index (χ0n) is 12.8. The Labute approximate surface area is 135 Å². The molecule has 116 valence electrons. The number of hydrogen-bond donors (Lipinski definition) is 0. The molecule has 1 amide bonds. The number of nitriles is 2. The Morgan fingerprint density at radius 1 is 1.23 bits per heavy atom. The first-order valence-electron chi connectivity index (χ1n) is 6.95. The summed E-state index contributed by atoms with van der Waals surface area (Å²) in [6, 6.07) is 11.6. The molecule has 1 aromatic carbocycles. The predicted molar refractivity (Wildman–Crippen MR) is 85.4 cm³/mol. The number of methoxy groups -OCH3 is 1. The molecule has 0 spiro atoms. The van der Waals surface area contributed by atoms with Crippen molar-refractivity contribution in [3.05, 3.63) is 24.3 Å². The molecule has 0 fully saturated rings. The van der Waals surface area contributed by atoms with Crippen LogP contribution in [0.3, 0.4) is 0 Å². The highest BCUT2D eigenvalue weighted by Crippen LogP contribution is 2.26. The monoisotopic (exact) mass is 317 g/mol. The van der Waals surface area contributed by atoms with Gasteiger partial charge in [-0.25, -0.2) is 0 Å². The van der Waals surface area contributed by atoms with Crippen LogP contribution < -0.4 is 4.74 Å². The van der Waals surface area contributed by atoms with Gasteiger partial charge in [-0.15, -0.1) is 11.8 Å². The molecule has 0 radical (unpaired) electrons. The lowest BCUT2D eigenvalue weighted by molar-refractivity contribution is -0.130. The molecule has 1 aromatic rings. The second kappa shape index (κ2) is 9.70. The van der Waals surface area contributed by atoms with Crippen LogP contribution >= 0.6 is 11.8 Å². The summed E-state index contributed by atoms with van der Waals surface area (Å²) in [5.74, 6) is 0.722. The highest BCUT2D eigenvalue weighted by molar-refractivity contribution is 8.00. The number of thioether (sulfide) groups is 1. The van der Waals surface area contributed by atoms with Gasteiger partial charge in [-0.1, -0.05) is 0 Å². The van der Waals surface area contributed by atoms with E-state index in [-0.39, 0.29) is 24.0 Å². The van der Waals surface area contributed by atoms with E-state index in [0.717, 1.165) is 10.6 Å². The average molecular weight is 317 g/mol. The fourth-order valence-electron chi connectivity index (χ4n) is 1.87. The fourth-order valence-corrected chi connectivity index (χ4v) is 2.82. The van der Waals surface area contributed by atoms with E-state index in [9.17, 15) is 4.79 Å². The summed E-state index contributed by atoms with van der Waals surface area (Å²) in [6.45, 7) is 2.57. The highest BCUT2D eigenvalue weighted by atomic mass is 32.2. The van der Waals surface area contributed by atoms with Crippen LogP contribution in [0.15, 0.2) is 29.2 Å². The molecule has 0 aromatic heterocycles. The van der Waals surface area contributed by atoms with E-state index in [1.165, 1.54) is 11.8 Å². The van der Waals surface area contributed by atoms with Gasteiger partial charge in [0.25, 0.3) is 0 Å². The molecule has 0 bridgehead atoms. The van der Waals surface area contributed by atoms with Crippen molar-refractivity contribution in [1.29, 1.82) is 10.5 Å². The van der Waals surface area contributed by atoms with Crippen molar-refractivity contribution in [1.82, 2.24) is 4.90 Å². The molecular formula is C16H19N3O2S. The van der Waals surface area contributed by atoms with Gasteiger partial charge in [0.15, 0.2) is 0 Å². The normalized spacial score (nSPS) is 11.1. The maximum Gasteiger partial charge on any atom is 0.235 e. The molecule has 22 heavy (non-hydrogen) atoms. The summed E-state index contributed by atoms with van der Waals surface area (Å²) in [4.78, 5) is 15.0. The SMILES string of the molecule is COc1ccc(S[C@@H](C)C(=O)N(CCC#N)CCC#N)cc1. The highest BCUT2D eigenvalue weighted by Gasteiger charge is 2.21. The molecule has 1 atom stereocenters. The van der Waals surface area contributed by atoms with E-state index in [2.05, 4.69) is 0 Å². The Kier molecular flexibility index (Phi) is 7.88. The first-order valence-corrected chi connectivity index (χ1v) is 7.83. The zero-order chi connectivity index (χ0) is 16.4. The van der Waals surface area contributed by atoms with Gasteiger partial charge in [-0.05, 0) is 31.2 Å². The van der Waals surface area contributed by atoms with E-state index >= 15 is 0 Å². The molecule has 0 aliphatic heterocycles. The van der Waals surface area contributed by atoms with Gasteiger partial charge >= 0.3 is 0 Å². The minimum atomic E-state index is -0.272. The van der Waals surface area contributed by atoms with Crippen LogP contribution in [0.5, 0.6) is 5.75 Å². The minimum absolute atomic E-state index is 0.0497. The van der Waals surface area contributed by atoms with Crippen molar-refractivity contribution in [2.45, 2.75) is 29.9 Å². The molecule has 0 saturated carbocycles. The van der Waals surface area contributed by atoms with Gasteiger partial charge in [0.05, 0.1) is 37.3 Å². The third-order valence-electron chi connectivity index (χ3n) is 3.02. The number of ether oxygens (including phenoxy) is 1. The van der Waals surface area contributed by atoms with E-state index in [1.54, 1.807) is 12.0 Å². The number of amides is 1. The Morgan fingerprint density at radius 2 is 1.77 bits per heavy atom. The van der Waals surface area contributed by atoms with Crippen LogP contribution in [0.4, 0.5) is 0 Å². The van der Waals surface area contributed by atoms with Gasteiger partial charge in [0.2, 0.25) is 5.91 Å². The summed E-state index contributed by atoms with van der Waals surface area (Å²) in [6.07, 6.45) is 0.550. The van der Waals surface area contributed by atoms with Crippen LogP contribution in [0.2, 0.25) is 0 Å². The van der Waals surface area contributed by atoms with Crippen molar-refractivity contribution in [2.24, 2.45) is 0 Å². The van der Waals surface area contributed by atoms with Crippen molar-refractivity contribution >= 4 is 17.7 Å². The molecular weight excluding hydrogens is 298 g/mol. The largest absolute Gasteiger partial charge is 0.497 e. The van der Waals surface area contributed by atoms with Crippen LogP contribution in [-0.2, 0) is 4.79 Å². The second-order valence-electron chi connectivity index (χ2n) is 4.58. The van der Waals surface area contributed by atoms with Gasteiger partial charge in [0.1, 0.15) is 5.75 Å². The van der Waals surface area contributed by atoms with Gasteiger partial charge in [0, 0.05) is 18.0 Å². The summed E-state index contributed by atoms with van der Waals surface area (Å²) < 4.78 is 5.10. The lowest BCUT2D eigenvalue weighted by atomic mass is 10.3. The molecule has 0 aliphatic rings. The maximum atomic E-state index is 12.4. The lowest BCUT2D eigenvalue weighted by Crippen LogP contribution is -2.37. The van der Waals surface area contributed by atoms with Crippen LogP contribution in [0, 0.1) is 22.7 Å². The number of benzene rings is 1. The Morgan fingerprint density at radius 3 is 2.23 bits per heavy atom. The van der Waals surface area contributed by atoms with Crippen LogP contribution in [-0.4, -0.2) is 36.3 Å². The third-order valence-corrected chi connectivity index (χ3v) is 4.12. The van der Waals surface area contributed by atoms with Gasteiger partial charge < -0.3 is 9.64 Å². The molecule has 0 N–H and O–H groups in total. The van der Waals surface area contributed by atoms with E-state index in [4.69, 9.17) is 15.3 Å². The van der Waals surface area contributed by atoms with E-state index in [0.29, 0.717) is 13.1 Å². The first kappa shape index (κ1) is 17.9. The molecule has 0 aliphatic carbocycles. The topological polar surface area (TPSA) is 77.1 Å². The Bertz CT molecular complexity index is 542. The molecule has 0 saturated heterocycles.